The second-order valence-corrected chi connectivity index (χ2v) is 2.20. The maximum Gasteiger partial charge on any atom is 0.320 e. The Labute approximate surface area is 74.6 Å². The summed E-state index contributed by atoms with van der Waals surface area (Å²) in [4.78, 5) is 14.7. The zero-order valence-corrected chi connectivity index (χ0v) is 6.81. The summed E-state index contributed by atoms with van der Waals surface area (Å²) in [6.07, 6.45) is 5.26. The van der Waals surface area contributed by atoms with Crippen LogP contribution in [0.25, 0.3) is 0 Å². The van der Waals surface area contributed by atoms with Gasteiger partial charge >= 0.3 is 5.82 Å². The smallest absolute Gasteiger partial charge is 0.320 e. The normalized spacial score (nSPS) is 8.62. The van der Waals surface area contributed by atoms with Gasteiger partial charge in [0.05, 0.1) is 6.20 Å². The molecule has 0 atom stereocenters. The van der Waals surface area contributed by atoms with Gasteiger partial charge in [-0.25, -0.2) is 4.98 Å². The van der Waals surface area contributed by atoms with E-state index in [1.54, 1.807) is 6.07 Å². The third-order valence-corrected chi connectivity index (χ3v) is 1.27. The minimum absolute atomic E-state index is 0.0324. The lowest BCUT2D eigenvalue weighted by Crippen LogP contribution is -1.85. The molecule has 0 fully saturated rings. The second-order valence-electron chi connectivity index (χ2n) is 2.20. The van der Waals surface area contributed by atoms with Gasteiger partial charge in [-0.15, -0.1) is 0 Å². The van der Waals surface area contributed by atoms with E-state index in [0.717, 1.165) is 0 Å². The third-order valence-electron chi connectivity index (χ3n) is 1.27. The molecule has 2 heterocycles. The Kier molecular flexibility index (Phi) is 3.31. The van der Waals surface area contributed by atoms with Crippen molar-refractivity contribution in [2.45, 2.75) is 0 Å². The molecule has 2 N–H and O–H groups in total. The van der Waals surface area contributed by atoms with Crippen LogP contribution >= 0.6 is 0 Å². The number of nitro groups is 1. The van der Waals surface area contributed by atoms with Crippen molar-refractivity contribution >= 4 is 5.82 Å². The molecule has 2 aromatic rings. The zero-order valence-electron chi connectivity index (χ0n) is 6.81. The Morgan fingerprint density at radius 2 is 1.85 bits per heavy atom. The fraction of sp³-hybridized carbons (Fsp3) is 0. The van der Waals surface area contributed by atoms with Crippen molar-refractivity contribution in [1.82, 2.24) is 9.97 Å². The Morgan fingerprint density at radius 3 is 2.08 bits per heavy atom. The van der Waals surface area contributed by atoms with Crippen molar-refractivity contribution in [1.29, 1.82) is 0 Å². The lowest BCUT2D eigenvalue weighted by atomic mass is 10.6. The predicted octanol–water partition coefficient (Wildman–Crippen LogP) is 1.94. The molecule has 0 aliphatic heterocycles. The van der Waals surface area contributed by atoms with Gasteiger partial charge in [0.2, 0.25) is 0 Å². The van der Waals surface area contributed by atoms with Crippen LogP contribution in [0.15, 0.2) is 42.9 Å². The van der Waals surface area contributed by atoms with Gasteiger partial charge in [0.1, 0.15) is 0 Å². The lowest BCUT2D eigenvalue weighted by molar-refractivity contribution is -0.389. The van der Waals surface area contributed by atoms with E-state index < -0.39 is 4.92 Å². The number of aromatic amines is 2. The summed E-state index contributed by atoms with van der Waals surface area (Å²) >= 11 is 0. The molecule has 0 aliphatic rings. The molecule has 0 aromatic carbocycles. The Morgan fingerprint density at radius 1 is 1.15 bits per heavy atom. The molecule has 5 nitrogen and oxygen atoms in total. The molecule has 68 valence electrons. The number of aromatic nitrogens is 2. The quantitative estimate of drug-likeness (QED) is 0.518. The minimum atomic E-state index is -0.472. The van der Waals surface area contributed by atoms with E-state index >= 15 is 0 Å². The highest BCUT2D eigenvalue weighted by Crippen LogP contribution is 2.02. The summed E-state index contributed by atoms with van der Waals surface area (Å²) in [5, 5.41) is 9.84. The highest BCUT2D eigenvalue weighted by atomic mass is 16.6. The Balaban J connectivity index is 0.000000145. The summed E-state index contributed by atoms with van der Waals surface area (Å²) in [6.45, 7) is 0. The average Bonchev–Trinajstić information content (AvgIpc) is 2.82. The van der Waals surface area contributed by atoms with Gasteiger partial charge in [0.25, 0.3) is 0 Å². The number of rotatable bonds is 1. The van der Waals surface area contributed by atoms with Crippen LogP contribution in [0.4, 0.5) is 5.82 Å². The molecule has 0 aliphatic carbocycles. The number of hydrogen-bond donors (Lipinski definition) is 2. The fourth-order valence-corrected chi connectivity index (χ4v) is 0.712. The van der Waals surface area contributed by atoms with Crippen LogP contribution in [0, 0.1) is 10.1 Å². The van der Waals surface area contributed by atoms with Gasteiger partial charge < -0.3 is 15.1 Å². The molecule has 0 saturated heterocycles. The zero-order chi connectivity index (χ0) is 9.52. The topological polar surface area (TPSA) is 74.7 Å². The SMILES string of the molecule is O=[N+]([O-])c1ccc[nH]1.c1cc[nH]c1. The number of hydrogen-bond acceptors (Lipinski definition) is 2. The molecule has 0 unspecified atom stereocenters. The molecule has 2 rings (SSSR count). The average molecular weight is 179 g/mol. The van der Waals surface area contributed by atoms with E-state index in [2.05, 4.69) is 9.97 Å². The highest BCUT2D eigenvalue weighted by molar-refractivity contribution is 5.17. The number of nitrogens with one attached hydrogen (secondary N) is 2. The minimum Gasteiger partial charge on any atom is -0.368 e. The molecule has 0 radical (unpaired) electrons. The molecule has 0 bridgehead atoms. The van der Waals surface area contributed by atoms with Gasteiger partial charge in [-0.1, -0.05) is 0 Å². The van der Waals surface area contributed by atoms with Crippen LogP contribution in [0.3, 0.4) is 0 Å². The van der Waals surface area contributed by atoms with Gasteiger partial charge in [0, 0.05) is 18.5 Å². The van der Waals surface area contributed by atoms with Crippen LogP contribution in [0.1, 0.15) is 0 Å². The van der Waals surface area contributed by atoms with E-state index in [0.29, 0.717) is 0 Å². The van der Waals surface area contributed by atoms with Gasteiger partial charge in [-0.05, 0) is 23.1 Å². The number of nitrogens with zero attached hydrogens (tertiary/aromatic N) is 1. The molecule has 13 heavy (non-hydrogen) atoms. The summed E-state index contributed by atoms with van der Waals surface area (Å²) in [5.74, 6) is 0.0324. The van der Waals surface area contributed by atoms with Crippen LogP contribution in [-0.2, 0) is 0 Å². The van der Waals surface area contributed by atoms with E-state index in [4.69, 9.17) is 0 Å². The first-order chi connectivity index (χ1) is 6.30. The first-order valence-corrected chi connectivity index (χ1v) is 3.66. The van der Waals surface area contributed by atoms with Crippen molar-refractivity contribution in [2.75, 3.05) is 0 Å². The molecule has 0 saturated carbocycles. The van der Waals surface area contributed by atoms with Crippen LogP contribution in [0.5, 0.6) is 0 Å². The Bertz CT molecular complexity index is 309. The molecule has 2 aromatic heterocycles. The summed E-state index contributed by atoms with van der Waals surface area (Å²) in [6, 6.07) is 6.87. The maximum atomic E-state index is 9.84. The van der Waals surface area contributed by atoms with Crippen molar-refractivity contribution < 1.29 is 4.92 Å². The monoisotopic (exact) mass is 179 g/mol. The second kappa shape index (κ2) is 4.76. The summed E-state index contributed by atoms with van der Waals surface area (Å²) < 4.78 is 0. The number of H-pyrrole nitrogens is 2. The van der Waals surface area contributed by atoms with E-state index in [1.165, 1.54) is 12.3 Å². The molecular weight excluding hydrogens is 170 g/mol. The molecule has 0 spiro atoms. The van der Waals surface area contributed by atoms with Gasteiger partial charge in [-0.3, -0.25) is 0 Å². The third kappa shape index (κ3) is 3.24. The van der Waals surface area contributed by atoms with Crippen LogP contribution < -0.4 is 0 Å². The van der Waals surface area contributed by atoms with Crippen molar-refractivity contribution in [3.63, 3.8) is 0 Å². The van der Waals surface area contributed by atoms with Crippen LogP contribution in [0.2, 0.25) is 0 Å². The first kappa shape index (κ1) is 9.05. The van der Waals surface area contributed by atoms with Crippen LogP contribution in [-0.4, -0.2) is 14.9 Å². The van der Waals surface area contributed by atoms with E-state index in [1.807, 2.05) is 24.5 Å². The van der Waals surface area contributed by atoms with E-state index in [9.17, 15) is 10.1 Å². The van der Waals surface area contributed by atoms with Crippen molar-refractivity contribution in [3.8, 4) is 0 Å². The lowest BCUT2D eigenvalue weighted by Gasteiger charge is -1.84. The fourth-order valence-electron chi connectivity index (χ4n) is 0.712. The highest BCUT2D eigenvalue weighted by Gasteiger charge is 1.97. The standard InChI is InChI=1S/C4H4N2O2.C4H5N/c7-6(8)4-2-1-3-5-4;1-2-4-5-3-1/h1-3,5H;1-5H. The molecule has 0 amide bonds. The predicted molar refractivity (Wildman–Crippen MR) is 48.2 cm³/mol. The van der Waals surface area contributed by atoms with Gasteiger partial charge in [-0.2, -0.15) is 0 Å². The maximum absolute atomic E-state index is 9.84. The first-order valence-electron chi connectivity index (χ1n) is 3.66. The van der Waals surface area contributed by atoms with Crippen molar-refractivity contribution in [2.24, 2.45) is 0 Å². The Hall–Kier alpha value is -2.04. The summed E-state index contributed by atoms with van der Waals surface area (Å²) in [5.41, 5.74) is 0. The van der Waals surface area contributed by atoms with Gasteiger partial charge in [0.15, 0.2) is 0 Å². The largest absolute Gasteiger partial charge is 0.368 e. The van der Waals surface area contributed by atoms with Crippen molar-refractivity contribution in [3.05, 3.63) is 53.0 Å². The molecule has 5 heteroatoms. The van der Waals surface area contributed by atoms with E-state index in [-0.39, 0.29) is 5.82 Å². The molecular formula is C8H9N3O2. The summed E-state index contributed by atoms with van der Waals surface area (Å²) in [7, 11) is 0.